The average molecular weight is 266 g/mol. The third kappa shape index (κ3) is 3.35. The minimum atomic E-state index is -4.40. The second-order valence-electron chi connectivity index (χ2n) is 4.29. The molecule has 2 rings (SSSR count). The van der Waals surface area contributed by atoms with E-state index in [0.717, 1.165) is 6.07 Å². The largest absolute Gasteiger partial charge is 0.416 e. The van der Waals surface area contributed by atoms with Gasteiger partial charge in [-0.1, -0.05) is 48.5 Å². The maximum absolute atomic E-state index is 12.8. The smallest absolute Gasteiger partial charge is 0.388 e. The molecule has 1 atom stereocenters. The van der Waals surface area contributed by atoms with E-state index >= 15 is 0 Å². The highest BCUT2D eigenvalue weighted by Crippen LogP contribution is 2.33. The molecule has 1 nitrogen and oxygen atoms in total. The van der Waals surface area contributed by atoms with E-state index in [1.807, 2.05) is 0 Å². The van der Waals surface area contributed by atoms with Crippen molar-refractivity contribution >= 4 is 0 Å². The zero-order chi connectivity index (χ0) is 13.9. The normalized spacial score (nSPS) is 13.3. The molecule has 2 aromatic rings. The fraction of sp³-hybridized carbons (Fsp3) is 0.200. The first-order valence-corrected chi connectivity index (χ1v) is 5.86. The van der Waals surface area contributed by atoms with Crippen molar-refractivity contribution in [2.24, 2.45) is 0 Å². The van der Waals surface area contributed by atoms with Crippen LogP contribution in [-0.4, -0.2) is 5.11 Å². The molecular weight excluding hydrogens is 253 g/mol. The van der Waals surface area contributed by atoms with E-state index in [9.17, 15) is 18.3 Å². The Labute approximate surface area is 109 Å². The van der Waals surface area contributed by atoms with Crippen LogP contribution in [0.5, 0.6) is 0 Å². The molecule has 100 valence electrons. The standard InChI is InChI=1S/C15H13F3O/c16-15(17,18)13-9-5-4-8-12(13)10-14(19)11-6-2-1-3-7-11/h1-9,14,19H,10H2. The first-order chi connectivity index (χ1) is 8.98. The molecule has 0 heterocycles. The Bertz CT molecular complexity index is 535. The van der Waals surface area contributed by atoms with Gasteiger partial charge in [0.15, 0.2) is 0 Å². The van der Waals surface area contributed by atoms with Crippen LogP contribution in [0.4, 0.5) is 13.2 Å². The van der Waals surface area contributed by atoms with E-state index in [-0.39, 0.29) is 12.0 Å². The molecule has 0 radical (unpaired) electrons. The van der Waals surface area contributed by atoms with Crippen molar-refractivity contribution in [2.45, 2.75) is 18.7 Å². The molecule has 0 saturated carbocycles. The van der Waals surface area contributed by atoms with Gasteiger partial charge in [-0.25, -0.2) is 0 Å². The van der Waals surface area contributed by atoms with Gasteiger partial charge in [0.25, 0.3) is 0 Å². The molecule has 0 aliphatic heterocycles. The predicted octanol–water partition coefficient (Wildman–Crippen LogP) is 3.98. The van der Waals surface area contributed by atoms with E-state index in [2.05, 4.69) is 0 Å². The van der Waals surface area contributed by atoms with Crippen molar-refractivity contribution in [3.8, 4) is 0 Å². The lowest BCUT2D eigenvalue weighted by Gasteiger charge is -2.16. The van der Waals surface area contributed by atoms with Crippen molar-refractivity contribution in [1.82, 2.24) is 0 Å². The van der Waals surface area contributed by atoms with Gasteiger partial charge in [0.2, 0.25) is 0 Å². The molecule has 0 bridgehead atoms. The summed E-state index contributed by atoms with van der Waals surface area (Å²) in [5.74, 6) is 0. The number of hydrogen-bond acceptors (Lipinski definition) is 1. The van der Waals surface area contributed by atoms with Crippen LogP contribution in [0.25, 0.3) is 0 Å². The van der Waals surface area contributed by atoms with Crippen LogP contribution in [0.15, 0.2) is 54.6 Å². The Hall–Kier alpha value is -1.81. The minimum absolute atomic E-state index is 0.0559. The lowest BCUT2D eigenvalue weighted by molar-refractivity contribution is -0.138. The molecule has 0 spiro atoms. The van der Waals surface area contributed by atoms with E-state index in [1.54, 1.807) is 36.4 Å². The number of aliphatic hydroxyl groups is 1. The van der Waals surface area contributed by atoms with E-state index < -0.39 is 17.8 Å². The van der Waals surface area contributed by atoms with Crippen LogP contribution in [-0.2, 0) is 12.6 Å². The van der Waals surface area contributed by atoms with Gasteiger partial charge in [0, 0.05) is 6.42 Å². The fourth-order valence-electron chi connectivity index (χ4n) is 1.98. The van der Waals surface area contributed by atoms with E-state index in [1.165, 1.54) is 12.1 Å². The monoisotopic (exact) mass is 266 g/mol. The summed E-state index contributed by atoms with van der Waals surface area (Å²) >= 11 is 0. The van der Waals surface area contributed by atoms with Crippen LogP contribution >= 0.6 is 0 Å². The Balaban J connectivity index is 2.25. The molecule has 4 heteroatoms. The predicted molar refractivity (Wildman–Crippen MR) is 66.5 cm³/mol. The SMILES string of the molecule is OC(Cc1ccccc1C(F)(F)F)c1ccccc1. The molecular formula is C15H13F3O. The Morgan fingerprint density at radius 2 is 1.47 bits per heavy atom. The third-order valence-corrected chi connectivity index (χ3v) is 2.92. The van der Waals surface area contributed by atoms with Gasteiger partial charge in [0.1, 0.15) is 0 Å². The van der Waals surface area contributed by atoms with E-state index in [4.69, 9.17) is 0 Å². The van der Waals surface area contributed by atoms with Crippen molar-refractivity contribution in [3.05, 3.63) is 71.3 Å². The molecule has 2 aromatic carbocycles. The second-order valence-corrected chi connectivity index (χ2v) is 4.29. The maximum Gasteiger partial charge on any atom is 0.416 e. The highest BCUT2D eigenvalue weighted by atomic mass is 19.4. The summed E-state index contributed by atoms with van der Waals surface area (Å²) in [6.45, 7) is 0. The van der Waals surface area contributed by atoms with Gasteiger partial charge in [-0.05, 0) is 17.2 Å². The van der Waals surface area contributed by atoms with E-state index in [0.29, 0.717) is 5.56 Å². The fourth-order valence-corrected chi connectivity index (χ4v) is 1.98. The molecule has 0 aliphatic carbocycles. The van der Waals surface area contributed by atoms with Gasteiger partial charge in [-0.15, -0.1) is 0 Å². The third-order valence-electron chi connectivity index (χ3n) is 2.92. The molecule has 0 aliphatic rings. The topological polar surface area (TPSA) is 20.2 Å². The summed E-state index contributed by atoms with van der Waals surface area (Å²) in [5, 5.41) is 10.00. The molecule has 1 unspecified atom stereocenters. The van der Waals surface area contributed by atoms with Gasteiger partial charge in [0.05, 0.1) is 11.7 Å². The van der Waals surface area contributed by atoms with Gasteiger partial charge >= 0.3 is 6.18 Å². The average Bonchev–Trinajstić information content (AvgIpc) is 2.39. The first kappa shape index (κ1) is 13.6. The molecule has 1 N–H and O–H groups in total. The molecule has 0 saturated heterocycles. The summed E-state index contributed by atoms with van der Waals surface area (Å²) in [6, 6.07) is 14.0. The van der Waals surface area contributed by atoms with Crippen LogP contribution in [0.2, 0.25) is 0 Å². The van der Waals surface area contributed by atoms with Crippen molar-refractivity contribution < 1.29 is 18.3 Å². The number of halogens is 3. The maximum atomic E-state index is 12.8. The number of hydrogen-bond donors (Lipinski definition) is 1. The van der Waals surface area contributed by atoms with Crippen molar-refractivity contribution in [1.29, 1.82) is 0 Å². The van der Waals surface area contributed by atoms with Crippen LogP contribution < -0.4 is 0 Å². The highest BCUT2D eigenvalue weighted by Gasteiger charge is 2.33. The summed E-state index contributed by atoms with van der Waals surface area (Å²) < 4.78 is 38.5. The summed E-state index contributed by atoms with van der Waals surface area (Å²) in [5.41, 5.74) is 0.0239. The summed E-state index contributed by atoms with van der Waals surface area (Å²) in [7, 11) is 0. The summed E-state index contributed by atoms with van der Waals surface area (Å²) in [6.07, 6.45) is -5.39. The lowest BCUT2D eigenvalue weighted by Crippen LogP contribution is -2.11. The van der Waals surface area contributed by atoms with Gasteiger partial charge < -0.3 is 5.11 Å². The molecule has 0 aromatic heterocycles. The molecule has 19 heavy (non-hydrogen) atoms. The zero-order valence-electron chi connectivity index (χ0n) is 10.1. The lowest BCUT2D eigenvalue weighted by atomic mass is 9.97. The summed E-state index contributed by atoms with van der Waals surface area (Å²) in [4.78, 5) is 0. The number of benzene rings is 2. The van der Waals surface area contributed by atoms with Crippen molar-refractivity contribution in [3.63, 3.8) is 0 Å². The molecule has 0 amide bonds. The zero-order valence-corrected chi connectivity index (χ0v) is 10.1. The number of rotatable bonds is 3. The second kappa shape index (κ2) is 5.45. The minimum Gasteiger partial charge on any atom is -0.388 e. The highest BCUT2D eigenvalue weighted by molar-refractivity contribution is 5.31. The Morgan fingerprint density at radius 1 is 0.895 bits per heavy atom. The van der Waals surface area contributed by atoms with Gasteiger partial charge in [-0.3, -0.25) is 0 Å². The van der Waals surface area contributed by atoms with Crippen LogP contribution in [0.3, 0.4) is 0 Å². The number of aliphatic hydroxyl groups excluding tert-OH is 1. The van der Waals surface area contributed by atoms with Crippen LogP contribution in [0, 0.1) is 0 Å². The van der Waals surface area contributed by atoms with Crippen LogP contribution in [0.1, 0.15) is 22.8 Å². The van der Waals surface area contributed by atoms with Gasteiger partial charge in [-0.2, -0.15) is 13.2 Å². The number of alkyl halides is 3. The first-order valence-electron chi connectivity index (χ1n) is 5.86. The van der Waals surface area contributed by atoms with Crippen molar-refractivity contribution in [2.75, 3.05) is 0 Å². The molecule has 0 fully saturated rings. The Morgan fingerprint density at radius 3 is 2.11 bits per heavy atom. The quantitative estimate of drug-likeness (QED) is 0.890. The Kier molecular flexibility index (Phi) is 3.90.